The van der Waals surface area contributed by atoms with Gasteiger partial charge in [-0.25, -0.2) is 4.68 Å². The van der Waals surface area contributed by atoms with Gasteiger partial charge in [0.2, 0.25) is 11.8 Å². The van der Waals surface area contributed by atoms with Gasteiger partial charge in [0, 0.05) is 82.3 Å². The zero-order valence-corrected chi connectivity index (χ0v) is 29.9. The molecule has 0 aliphatic carbocycles. The molecule has 2 aromatic heterocycles. The van der Waals surface area contributed by atoms with Crippen LogP contribution in [0.2, 0.25) is 5.02 Å². The van der Waals surface area contributed by atoms with E-state index in [1.807, 2.05) is 23.1 Å². The number of aromatic nitrogens is 3. The quantitative estimate of drug-likeness (QED) is 0.369. The monoisotopic (exact) mass is 716 g/mol. The number of carbonyl (C=O) groups excluding carboxylic acids is 3. The standard InChI is InChI=1S/C37H45ClN8O5/c1-42-22-26(19-27(23-42)40-29-21-39-43(2)36(51)33(29)38)24-3-5-25(6-4-24)35(50)45-17-12-37(13-18-45)10-15-44(16-11-37)28-9-14-46(32(48)20-28)30-7-8-31(47)41-34(30)49/h3-6,9,14,20-21,26-27,30,40H,7-8,10-13,15-19,22-23H2,1-2H3,(H,41,47,49)/t26-,27+,30?/m1/s1. The maximum Gasteiger partial charge on any atom is 0.287 e. The summed E-state index contributed by atoms with van der Waals surface area (Å²) >= 11 is 6.31. The molecule has 6 heterocycles. The predicted octanol–water partition coefficient (Wildman–Crippen LogP) is 3.00. The molecule has 4 saturated heterocycles. The van der Waals surface area contributed by atoms with Crippen LogP contribution >= 0.6 is 11.6 Å². The Balaban J connectivity index is 0.912. The first-order valence-corrected chi connectivity index (χ1v) is 18.2. The summed E-state index contributed by atoms with van der Waals surface area (Å²) in [7, 11) is 3.66. The van der Waals surface area contributed by atoms with Gasteiger partial charge < -0.3 is 24.6 Å². The number of likely N-dealkylation sites (N-methyl/N-ethyl adjacent to an activating group) is 1. The highest BCUT2D eigenvalue weighted by Gasteiger charge is 2.39. The molecule has 51 heavy (non-hydrogen) atoms. The van der Waals surface area contributed by atoms with Gasteiger partial charge in [-0.15, -0.1) is 0 Å². The maximum absolute atomic E-state index is 13.6. The second-order valence-corrected chi connectivity index (χ2v) is 15.2. The number of amides is 3. The van der Waals surface area contributed by atoms with Crippen LogP contribution in [0.4, 0.5) is 11.4 Å². The van der Waals surface area contributed by atoms with E-state index in [2.05, 4.69) is 44.7 Å². The molecule has 1 unspecified atom stereocenters. The van der Waals surface area contributed by atoms with Crippen LogP contribution < -0.4 is 26.7 Å². The molecule has 4 aliphatic rings. The number of aryl methyl sites for hydroxylation is 1. The van der Waals surface area contributed by atoms with Gasteiger partial charge in [-0.05, 0) is 80.7 Å². The van der Waals surface area contributed by atoms with Crippen molar-refractivity contribution in [1.82, 2.24) is 29.5 Å². The molecule has 270 valence electrons. The number of anilines is 2. The Kier molecular flexibility index (Phi) is 9.77. The molecular formula is C37H45ClN8O5. The number of likely N-dealkylation sites (tertiary alicyclic amines) is 2. The summed E-state index contributed by atoms with van der Waals surface area (Å²) in [6.07, 6.45) is 8.58. The van der Waals surface area contributed by atoms with Crippen molar-refractivity contribution in [2.45, 2.75) is 62.9 Å². The molecule has 1 aromatic carbocycles. The molecule has 13 nitrogen and oxygen atoms in total. The van der Waals surface area contributed by atoms with Gasteiger partial charge in [0.1, 0.15) is 11.1 Å². The SMILES string of the molecule is CN1C[C@@H](Nc2cnn(C)c(=O)c2Cl)C[C@@H](c2ccc(C(=O)N3CCC4(CC3)CCN(c3ccn(C5CCC(=O)NC5=O)c(=O)c3)CC4)cc2)C1. The number of rotatable bonds is 6. The fourth-order valence-electron chi connectivity index (χ4n) is 8.38. The van der Waals surface area contributed by atoms with Crippen molar-refractivity contribution in [2.24, 2.45) is 12.5 Å². The Morgan fingerprint density at radius 3 is 2.35 bits per heavy atom. The van der Waals surface area contributed by atoms with Crippen LogP contribution in [0.25, 0.3) is 0 Å². The van der Waals surface area contributed by atoms with Gasteiger partial charge in [-0.2, -0.15) is 5.10 Å². The predicted molar refractivity (Wildman–Crippen MR) is 194 cm³/mol. The van der Waals surface area contributed by atoms with Crippen LogP contribution in [0, 0.1) is 5.41 Å². The van der Waals surface area contributed by atoms with E-state index >= 15 is 0 Å². The number of benzene rings is 1. The minimum absolute atomic E-state index is 0.0681. The van der Waals surface area contributed by atoms with Gasteiger partial charge in [0.05, 0.1) is 11.9 Å². The Bertz CT molecular complexity index is 1930. The number of hydrogen-bond donors (Lipinski definition) is 2. The Labute approximate surface area is 301 Å². The molecule has 1 spiro atoms. The number of pyridine rings is 1. The zero-order valence-electron chi connectivity index (χ0n) is 29.1. The fourth-order valence-corrected chi connectivity index (χ4v) is 8.61. The van der Waals surface area contributed by atoms with Crippen LogP contribution in [-0.2, 0) is 16.6 Å². The number of imide groups is 1. The van der Waals surface area contributed by atoms with Crippen molar-refractivity contribution in [3.8, 4) is 0 Å². The molecule has 0 radical (unpaired) electrons. The van der Waals surface area contributed by atoms with Gasteiger partial charge in [-0.3, -0.25) is 29.3 Å². The second-order valence-electron chi connectivity index (χ2n) is 14.8. The average Bonchev–Trinajstić information content (AvgIpc) is 3.12. The highest BCUT2D eigenvalue weighted by Crippen LogP contribution is 2.42. The van der Waals surface area contributed by atoms with Gasteiger partial charge in [0.25, 0.3) is 17.0 Å². The molecule has 2 N–H and O–H groups in total. The molecular weight excluding hydrogens is 672 g/mol. The highest BCUT2D eigenvalue weighted by molar-refractivity contribution is 6.32. The van der Waals surface area contributed by atoms with E-state index in [1.165, 1.54) is 14.8 Å². The third-order valence-electron chi connectivity index (χ3n) is 11.5. The molecule has 3 amide bonds. The van der Waals surface area contributed by atoms with E-state index in [0.29, 0.717) is 17.7 Å². The molecule has 14 heteroatoms. The minimum atomic E-state index is -0.660. The third-order valence-corrected chi connectivity index (χ3v) is 11.8. The zero-order chi connectivity index (χ0) is 35.9. The Hall–Kier alpha value is -4.49. The van der Waals surface area contributed by atoms with Crippen LogP contribution in [0.3, 0.4) is 0 Å². The van der Waals surface area contributed by atoms with Crippen LogP contribution in [0.1, 0.15) is 72.8 Å². The van der Waals surface area contributed by atoms with Crippen LogP contribution in [0.15, 0.2) is 58.4 Å². The van der Waals surface area contributed by atoms with Gasteiger partial charge in [-0.1, -0.05) is 23.7 Å². The minimum Gasteiger partial charge on any atom is -0.378 e. The smallest absolute Gasteiger partial charge is 0.287 e. The summed E-state index contributed by atoms with van der Waals surface area (Å²) in [6, 6.07) is 11.0. The summed E-state index contributed by atoms with van der Waals surface area (Å²) < 4.78 is 2.64. The lowest BCUT2D eigenvalue weighted by Crippen LogP contribution is -2.48. The molecule has 4 aliphatic heterocycles. The summed E-state index contributed by atoms with van der Waals surface area (Å²) in [6.45, 7) is 4.82. The lowest BCUT2D eigenvalue weighted by molar-refractivity contribution is -0.135. The molecule has 3 aromatic rings. The van der Waals surface area contributed by atoms with Gasteiger partial charge >= 0.3 is 0 Å². The highest BCUT2D eigenvalue weighted by atomic mass is 35.5. The van der Waals surface area contributed by atoms with E-state index in [-0.39, 0.29) is 51.8 Å². The van der Waals surface area contributed by atoms with Crippen molar-refractivity contribution < 1.29 is 14.4 Å². The molecule has 3 atom stereocenters. The Morgan fingerprint density at radius 2 is 1.67 bits per heavy atom. The molecule has 0 saturated carbocycles. The van der Waals surface area contributed by atoms with Crippen molar-refractivity contribution in [3.63, 3.8) is 0 Å². The van der Waals surface area contributed by atoms with Gasteiger partial charge in [0.15, 0.2) is 0 Å². The summed E-state index contributed by atoms with van der Waals surface area (Å²) in [4.78, 5) is 69.1. The normalized spacial score (nSPS) is 24.0. The topological polar surface area (TPSA) is 142 Å². The van der Waals surface area contributed by atoms with E-state index in [9.17, 15) is 24.0 Å². The first kappa shape index (κ1) is 34.9. The van der Waals surface area contributed by atoms with E-state index in [0.717, 1.165) is 77.1 Å². The Morgan fingerprint density at radius 1 is 0.961 bits per heavy atom. The summed E-state index contributed by atoms with van der Waals surface area (Å²) in [5, 5.41) is 10.00. The van der Waals surface area contributed by atoms with E-state index in [1.54, 1.807) is 25.5 Å². The molecule has 7 rings (SSSR count). The third kappa shape index (κ3) is 7.32. The second kappa shape index (κ2) is 14.3. The fraction of sp³-hybridized carbons (Fsp3) is 0.514. The van der Waals surface area contributed by atoms with Crippen LogP contribution in [0.5, 0.6) is 0 Å². The average molecular weight is 717 g/mol. The largest absolute Gasteiger partial charge is 0.378 e. The van der Waals surface area contributed by atoms with Crippen molar-refractivity contribution >= 4 is 40.7 Å². The number of piperidine rings is 4. The van der Waals surface area contributed by atoms with Crippen molar-refractivity contribution in [3.05, 3.63) is 85.6 Å². The number of hydrogen-bond acceptors (Lipinski definition) is 9. The molecule has 0 bridgehead atoms. The van der Waals surface area contributed by atoms with Crippen molar-refractivity contribution in [1.29, 1.82) is 0 Å². The summed E-state index contributed by atoms with van der Waals surface area (Å²) in [5.74, 6) is -0.406. The number of carbonyl (C=O) groups is 3. The molecule has 4 fully saturated rings. The van der Waals surface area contributed by atoms with Crippen LogP contribution in [-0.4, -0.2) is 94.2 Å². The number of halogens is 1. The number of nitrogens with one attached hydrogen (secondary N) is 2. The van der Waals surface area contributed by atoms with E-state index < -0.39 is 11.9 Å². The lowest BCUT2D eigenvalue weighted by Gasteiger charge is -2.47. The van der Waals surface area contributed by atoms with E-state index in [4.69, 9.17) is 11.6 Å². The van der Waals surface area contributed by atoms with Crippen molar-refractivity contribution in [2.75, 3.05) is 56.5 Å². The first-order valence-electron chi connectivity index (χ1n) is 17.9. The number of nitrogens with zero attached hydrogens (tertiary/aromatic N) is 6. The first-order chi connectivity index (χ1) is 24.5. The maximum atomic E-state index is 13.6. The summed E-state index contributed by atoms with van der Waals surface area (Å²) in [5.41, 5.74) is 2.89. The lowest BCUT2D eigenvalue weighted by atomic mass is 9.71.